The molecule has 4 nitrogen and oxygen atoms in total. The molecule has 0 spiro atoms. The Kier molecular flexibility index (Phi) is 3.64. The first kappa shape index (κ1) is 12.2. The number of aliphatic hydroxyl groups excluding tert-OH is 1. The summed E-state index contributed by atoms with van der Waals surface area (Å²) in [6.07, 6.45) is 2.68. The van der Waals surface area contributed by atoms with E-state index in [4.69, 9.17) is 10.5 Å². The highest BCUT2D eigenvalue weighted by Gasteiger charge is 2.07. The van der Waals surface area contributed by atoms with E-state index in [1.807, 2.05) is 0 Å². The molecule has 92 valence electrons. The number of hydrogen-bond donors (Lipinski definition) is 3. The third kappa shape index (κ3) is 2.52. The predicted molar refractivity (Wildman–Crippen MR) is 67.7 cm³/mol. The minimum Gasteiger partial charge on any atom is -0.390 e. The molecule has 0 aliphatic carbocycles. The zero-order chi connectivity index (χ0) is 13.0. The smallest absolute Gasteiger partial charge is 0.123 e. The van der Waals surface area contributed by atoms with Gasteiger partial charge in [0.2, 0.25) is 0 Å². The fourth-order valence-electron chi connectivity index (χ4n) is 1.60. The minimum absolute atomic E-state index is 0.232. The Hall–Kier alpha value is -2.27. The number of halogens is 1. The van der Waals surface area contributed by atoms with Crippen molar-refractivity contribution >= 4 is 17.6 Å². The first-order valence-electron chi connectivity index (χ1n) is 5.36. The van der Waals surface area contributed by atoms with Gasteiger partial charge in [0.15, 0.2) is 0 Å². The minimum atomic E-state index is -0.307. The first-order valence-corrected chi connectivity index (χ1v) is 5.36. The Labute approximate surface area is 104 Å². The second kappa shape index (κ2) is 5.37. The molecule has 0 bridgehead atoms. The number of pyridine rings is 1. The zero-order valence-corrected chi connectivity index (χ0v) is 9.52. The van der Waals surface area contributed by atoms with E-state index in [0.717, 1.165) is 6.21 Å². The third-order valence-corrected chi connectivity index (χ3v) is 2.49. The highest BCUT2D eigenvalue weighted by Crippen LogP contribution is 2.21. The molecular weight excluding hydrogens is 233 g/mol. The van der Waals surface area contributed by atoms with Crippen LogP contribution in [0.4, 0.5) is 15.8 Å². The van der Waals surface area contributed by atoms with E-state index in [1.54, 1.807) is 24.4 Å². The molecule has 0 unspecified atom stereocenters. The van der Waals surface area contributed by atoms with Gasteiger partial charge in [-0.2, -0.15) is 0 Å². The van der Waals surface area contributed by atoms with E-state index in [0.29, 0.717) is 22.6 Å². The van der Waals surface area contributed by atoms with Crippen LogP contribution in [-0.4, -0.2) is 16.3 Å². The van der Waals surface area contributed by atoms with Crippen molar-refractivity contribution in [3.05, 3.63) is 53.6 Å². The molecule has 2 rings (SSSR count). The summed E-state index contributed by atoms with van der Waals surface area (Å²) in [6, 6.07) is 7.59. The quantitative estimate of drug-likeness (QED) is 0.725. The van der Waals surface area contributed by atoms with Crippen LogP contribution < -0.4 is 5.32 Å². The van der Waals surface area contributed by atoms with Crippen molar-refractivity contribution < 1.29 is 9.50 Å². The van der Waals surface area contributed by atoms with Gasteiger partial charge >= 0.3 is 0 Å². The Morgan fingerprint density at radius 3 is 2.61 bits per heavy atom. The number of anilines is 2. The normalized spacial score (nSPS) is 10.1. The Balaban J connectivity index is 2.34. The topological polar surface area (TPSA) is 69.0 Å². The van der Waals surface area contributed by atoms with Crippen LogP contribution in [0.15, 0.2) is 36.5 Å². The van der Waals surface area contributed by atoms with Gasteiger partial charge in [-0.15, -0.1) is 0 Å². The van der Waals surface area contributed by atoms with E-state index < -0.39 is 0 Å². The summed E-state index contributed by atoms with van der Waals surface area (Å²) < 4.78 is 12.8. The lowest BCUT2D eigenvalue weighted by Crippen LogP contribution is -2.02. The SMILES string of the molecule is N=Cc1c(Nc2ccc(F)cc2)ccnc1CO. The summed E-state index contributed by atoms with van der Waals surface area (Å²) in [5.74, 6) is -0.307. The molecule has 0 fully saturated rings. The lowest BCUT2D eigenvalue weighted by molar-refractivity contribution is 0.277. The molecule has 1 aromatic heterocycles. The van der Waals surface area contributed by atoms with Crippen LogP contribution in [0.25, 0.3) is 0 Å². The Bertz CT molecular complexity index is 555. The molecule has 0 atom stereocenters. The zero-order valence-electron chi connectivity index (χ0n) is 9.52. The van der Waals surface area contributed by atoms with Crippen molar-refractivity contribution in [3.8, 4) is 0 Å². The summed E-state index contributed by atoms with van der Waals surface area (Å²) in [5, 5.41) is 19.5. The summed E-state index contributed by atoms with van der Waals surface area (Å²) >= 11 is 0. The molecule has 18 heavy (non-hydrogen) atoms. The van der Waals surface area contributed by atoms with Crippen LogP contribution in [0, 0.1) is 11.2 Å². The molecule has 0 saturated carbocycles. The number of hydrogen-bond acceptors (Lipinski definition) is 4. The number of benzene rings is 1. The van der Waals surface area contributed by atoms with E-state index in [1.165, 1.54) is 12.1 Å². The van der Waals surface area contributed by atoms with Gasteiger partial charge < -0.3 is 15.8 Å². The molecule has 0 aliphatic rings. The molecule has 5 heteroatoms. The van der Waals surface area contributed by atoms with Crippen LogP contribution >= 0.6 is 0 Å². The molecule has 2 aromatic rings. The van der Waals surface area contributed by atoms with Gasteiger partial charge in [-0.25, -0.2) is 4.39 Å². The number of aromatic nitrogens is 1. The van der Waals surface area contributed by atoms with Gasteiger partial charge in [0, 0.05) is 23.7 Å². The average Bonchev–Trinajstić information content (AvgIpc) is 2.41. The van der Waals surface area contributed by atoms with Crippen LogP contribution in [0.2, 0.25) is 0 Å². The molecule has 0 saturated heterocycles. The van der Waals surface area contributed by atoms with Gasteiger partial charge in [-0.05, 0) is 30.3 Å². The van der Waals surface area contributed by atoms with Crippen LogP contribution in [0.3, 0.4) is 0 Å². The summed E-state index contributed by atoms with van der Waals surface area (Å²) in [5.41, 5.74) is 2.30. The lowest BCUT2D eigenvalue weighted by atomic mass is 10.1. The van der Waals surface area contributed by atoms with Gasteiger partial charge in [-0.1, -0.05) is 0 Å². The van der Waals surface area contributed by atoms with Gasteiger partial charge in [0.1, 0.15) is 5.82 Å². The van der Waals surface area contributed by atoms with Crippen LogP contribution in [0.5, 0.6) is 0 Å². The predicted octanol–water partition coefficient (Wildman–Crippen LogP) is 2.45. The summed E-state index contributed by atoms with van der Waals surface area (Å²) in [4.78, 5) is 3.98. The van der Waals surface area contributed by atoms with Crippen molar-refractivity contribution in [2.45, 2.75) is 6.61 Å². The lowest BCUT2D eigenvalue weighted by Gasteiger charge is -2.11. The monoisotopic (exact) mass is 245 g/mol. The highest BCUT2D eigenvalue weighted by atomic mass is 19.1. The standard InChI is InChI=1S/C13H12FN3O/c14-9-1-3-10(4-2-9)17-12-5-6-16-13(8-18)11(12)7-15/h1-7,15,18H,8H2,(H,16,17). The van der Waals surface area contributed by atoms with E-state index in [2.05, 4.69) is 10.3 Å². The third-order valence-electron chi connectivity index (χ3n) is 2.49. The second-order valence-corrected chi connectivity index (χ2v) is 3.65. The largest absolute Gasteiger partial charge is 0.390 e. The molecule has 0 amide bonds. The Morgan fingerprint density at radius 2 is 2.00 bits per heavy atom. The maximum absolute atomic E-state index is 12.8. The van der Waals surface area contributed by atoms with Gasteiger partial charge in [0.25, 0.3) is 0 Å². The number of nitrogens with zero attached hydrogens (tertiary/aromatic N) is 1. The maximum Gasteiger partial charge on any atom is 0.123 e. The van der Waals surface area contributed by atoms with E-state index in [9.17, 15) is 4.39 Å². The molecule has 3 N–H and O–H groups in total. The summed E-state index contributed by atoms with van der Waals surface area (Å²) in [6.45, 7) is -0.232. The number of rotatable bonds is 4. The average molecular weight is 245 g/mol. The van der Waals surface area contributed by atoms with E-state index in [-0.39, 0.29) is 12.4 Å². The van der Waals surface area contributed by atoms with Crippen LogP contribution in [-0.2, 0) is 6.61 Å². The first-order chi connectivity index (χ1) is 8.74. The van der Waals surface area contributed by atoms with E-state index >= 15 is 0 Å². The fraction of sp³-hybridized carbons (Fsp3) is 0.0769. The highest BCUT2D eigenvalue weighted by molar-refractivity contribution is 5.88. The molecule has 1 aromatic carbocycles. The van der Waals surface area contributed by atoms with Crippen LogP contribution in [0.1, 0.15) is 11.3 Å². The summed E-state index contributed by atoms with van der Waals surface area (Å²) in [7, 11) is 0. The number of aliphatic hydroxyl groups is 1. The fourth-order valence-corrected chi connectivity index (χ4v) is 1.60. The van der Waals surface area contributed by atoms with Gasteiger partial charge in [0.05, 0.1) is 18.0 Å². The van der Waals surface area contributed by atoms with Crippen molar-refractivity contribution in [2.24, 2.45) is 0 Å². The number of nitrogens with one attached hydrogen (secondary N) is 2. The molecule has 1 heterocycles. The Morgan fingerprint density at radius 1 is 1.28 bits per heavy atom. The van der Waals surface area contributed by atoms with Crippen molar-refractivity contribution in [2.75, 3.05) is 5.32 Å². The van der Waals surface area contributed by atoms with Crippen molar-refractivity contribution in [3.63, 3.8) is 0 Å². The molecule has 0 aliphatic heterocycles. The second-order valence-electron chi connectivity index (χ2n) is 3.65. The van der Waals surface area contributed by atoms with Gasteiger partial charge in [-0.3, -0.25) is 4.98 Å². The molecular formula is C13H12FN3O. The maximum atomic E-state index is 12.8. The van der Waals surface area contributed by atoms with Crippen molar-refractivity contribution in [1.29, 1.82) is 5.41 Å². The van der Waals surface area contributed by atoms with Crippen molar-refractivity contribution in [1.82, 2.24) is 4.98 Å². The molecule has 0 radical (unpaired) electrons.